The van der Waals surface area contributed by atoms with Crippen molar-refractivity contribution in [1.82, 2.24) is 4.90 Å². The second kappa shape index (κ2) is 8.29. The number of hydrogen-bond donors (Lipinski definition) is 1. The lowest BCUT2D eigenvalue weighted by Gasteiger charge is -2.23. The van der Waals surface area contributed by atoms with Gasteiger partial charge < -0.3 is 10.1 Å². The molecule has 0 radical (unpaired) electrons. The average Bonchev–Trinajstić information content (AvgIpc) is 2.57. The number of ether oxygens (including phenoxy) is 1. The van der Waals surface area contributed by atoms with Gasteiger partial charge in [-0.05, 0) is 50.4 Å². The minimum atomic E-state index is -0.328. The van der Waals surface area contributed by atoms with Crippen LogP contribution in [0.5, 0.6) is 5.75 Å². The number of nitrogens with one attached hydrogen (secondary N) is 1. The van der Waals surface area contributed by atoms with Crippen molar-refractivity contribution in [3.8, 4) is 5.75 Å². The van der Waals surface area contributed by atoms with Crippen molar-refractivity contribution in [3.63, 3.8) is 0 Å². The molecule has 122 valence electrons. The minimum Gasteiger partial charge on any atom is -0.492 e. The molecular weight excluding hydrogens is 295 g/mol. The van der Waals surface area contributed by atoms with E-state index in [1.165, 1.54) is 12.1 Å². The lowest BCUT2D eigenvalue weighted by Crippen LogP contribution is -2.41. The van der Waals surface area contributed by atoms with Crippen LogP contribution in [0.25, 0.3) is 0 Å². The highest BCUT2D eigenvalue weighted by atomic mass is 19.1. The third-order valence-electron chi connectivity index (χ3n) is 3.61. The zero-order valence-electron chi connectivity index (χ0n) is 13.3. The van der Waals surface area contributed by atoms with E-state index in [-0.39, 0.29) is 17.8 Å². The number of rotatable bonds is 7. The van der Waals surface area contributed by atoms with Crippen LogP contribution in [-0.2, 0) is 4.79 Å². The first-order valence-corrected chi connectivity index (χ1v) is 7.51. The molecule has 4 nitrogen and oxygen atoms in total. The Morgan fingerprint density at radius 3 is 2.48 bits per heavy atom. The number of carbonyl (C=O) groups is 1. The molecule has 0 saturated carbocycles. The smallest absolute Gasteiger partial charge is 0.241 e. The fourth-order valence-corrected chi connectivity index (χ4v) is 2.00. The molecule has 1 atom stereocenters. The molecule has 2 rings (SSSR count). The monoisotopic (exact) mass is 316 g/mol. The summed E-state index contributed by atoms with van der Waals surface area (Å²) < 4.78 is 18.5. The van der Waals surface area contributed by atoms with Crippen LogP contribution in [-0.4, -0.2) is 37.0 Å². The number of anilines is 1. The minimum absolute atomic E-state index is 0.140. The van der Waals surface area contributed by atoms with E-state index in [0.717, 1.165) is 5.75 Å². The maximum Gasteiger partial charge on any atom is 0.241 e. The van der Waals surface area contributed by atoms with Crippen LogP contribution in [0.2, 0.25) is 0 Å². The van der Waals surface area contributed by atoms with Gasteiger partial charge in [-0.1, -0.05) is 18.2 Å². The number of hydrogen-bond acceptors (Lipinski definition) is 3. The molecule has 1 unspecified atom stereocenters. The summed E-state index contributed by atoms with van der Waals surface area (Å²) in [4.78, 5) is 14.1. The average molecular weight is 316 g/mol. The maximum atomic E-state index is 12.9. The number of benzene rings is 2. The first-order valence-electron chi connectivity index (χ1n) is 7.51. The van der Waals surface area contributed by atoms with Gasteiger partial charge in [-0.15, -0.1) is 0 Å². The predicted octanol–water partition coefficient (Wildman–Crippen LogP) is 3.16. The summed E-state index contributed by atoms with van der Waals surface area (Å²) in [6.07, 6.45) is 0. The molecule has 0 aliphatic carbocycles. The maximum absolute atomic E-state index is 12.9. The molecule has 5 heteroatoms. The van der Waals surface area contributed by atoms with Crippen molar-refractivity contribution < 1.29 is 13.9 Å². The van der Waals surface area contributed by atoms with Crippen molar-refractivity contribution in [1.29, 1.82) is 0 Å². The number of para-hydroxylation sites is 1. The van der Waals surface area contributed by atoms with Crippen LogP contribution < -0.4 is 10.1 Å². The SMILES string of the molecule is CC(C(=O)Nc1ccc(F)cc1)N(C)CCOc1ccccc1. The molecule has 0 saturated heterocycles. The van der Waals surface area contributed by atoms with Crippen molar-refractivity contribution in [2.24, 2.45) is 0 Å². The van der Waals surface area contributed by atoms with Crippen molar-refractivity contribution in [2.75, 3.05) is 25.5 Å². The molecule has 0 spiro atoms. The molecule has 1 N–H and O–H groups in total. The van der Waals surface area contributed by atoms with E-state index < -0.39 is 0 Å². The second-order valence-corrected chi connectivity index (χ2v) is 5.31. The van der Waals surface area contributed by atoms with E-state index in [1.54, 1.807) is 12.1 Å². The zero-order chi connectivity index (χ0) is 16.7. The third kappa shape index (κ3) is 5.38. The van der Waals surface area contributed by atoms with E-state index in [0.29, 0.717) is 18.8 Å². The van der Waals surface area contributed by atoms with Gasteiger partial charge in [-0.2, -0.15) is 0 Å². The van der Waals surface area contributed by atoms with Crippen LogP contribution in [0.4, 0.5) is 10.1 Å². The molecule has 0 heterocycles. The molecule has 0 fully saturated rings. The van der Waals surface area contributed by atoms with Crippen LogP contribution in [0.1, 0.15) is 6.92 Å². The standard InChI is InChI=1S/C18H21FN2O2/c1-14(18(22)20-16-10-8-15(19)9-11-16)21(2)12-13-23-17-6-4-3-5-7-17/h3-11,14H,12-13H2,1-2H3,(H,20,22). The van der Waals surface area contributed by atoms with E-state index >= 15 is 0 Å². The summed E-state index contributed by atoms with van der Waals surface area (Å²) in [5, 5.41) is 2.77. The van der Waals surface area contributed by atoms with Gasteiger partial charge in [-0.25, -0.2) is 4.39 Å². The molecule has 0 aliphatic rings. The molecule has 2 aromatic rings. The summed E-state index contributed by atoms with van der Waals surface area (Å²) in [5.74, 6) is 0.342. The Morgan fingerprint density at radius 2 is 1.83 bits per heavy atom. The Hall–Kier alpha value is -2.40. The summed E-state index contributed by atoms with van der Waals surface area (Å²) in [6, 6.07) is 14.9. The van der Waals surface area contributed by atoms with Crippen molar-refractivity contribution in [3.05, 3.63) is 60.4 Å². The quantitative estimate of drug-likeness (QED) is 0.853. The fraction of sp³-hybridized carbons (Fsp3) is 0.278. The first kappa shape index (κ1) is 17.0. The lowest BCUT2D eigenvalue weighted by molar-refractivity contribution is -0.120. The van der Waals surface area contributed by atoms with E-state index in [2.05, 4.69) is 5.32 Å². The van der Waals surface area contributed by atoms with Gasteiger partial charge in [0.15, 0.2) is 0 Å². The largest absolute Gasteiger partial charge is 0.492 e. The fourth-order valence-electron chi connectivity index (χ4n) is 2.00. The summed E-state index contributed by atoms with van der Waals surface area (Å²) in [6.45, 7) is 2.93. The van der Waals surface area contributed by atoms with E-state index in [1.807, 2.05) is 49.2 Å². The molecule has 2 aromatic carbocycles. The highest BCUT2D eigenvalue weighted by Crippen LogP contribution is 2.10. The van der Waals surface area contributed by atoms with E-state index in [9.17, 15) is 9.18 Å². The van der Waals surface area contributed by atoms with E-state index in [4.69, 9.17) is 4.74 Å². The van der Waals surface area contributed by atoms with Gasteiger partial charge in [-0.3, -0.25) is 9.69 Å². The van der Waals surface area contributed by atoms with Crippen LogP contribution in [0.3, 0.4) is 0 Å². The number of amides is 1. The molecular formula is C18H21FN2O2. The number of halogens is 1. The Balaban J connectivity index is 1.78. The summed E-state index contributed by atoms with van der Waals surface area (Å²) in [7, 11) is 1.86. The predicted molar refractivity (Wildman–Crippen MR) is 89.1 cm³/mol. The summed E-state index contributed by atoms with van der Waals surface area (Å²) >= 11 is 0. The van der Waals surface area contributed by atoms with Gasteiger partial charge in [0.2, 0.25) is 5.91 Å². The highest BCUT2D eigenvalue weighted by molar-refractivity contribution is 5.94. The Morgan fingerprint density at radius 1 is 1.17 bits per heavy atom. The van der Waals surface area contributed by atoms with Crippen molar-refractivity contribution in [2.45, 2.75) is 13.0 Å². The van der Waals surface area contributed by atoms with Gasteiger partial charge in [0.05, 0.1) is 6.04 Å². The van der Waals surface area contributed by atoms with Crippen molar-refractivity contribution >= 4 is 11.6 Å². The van der Waals surface area contributed by atoms with Gasteiger partial charge in [0, 0.05) is 12.2 Å². The molecule has 0 aromatic heterocycles. The van der Waals surface area contributed by atoms with Gasteiger partial charge in [0.1, 0.15) is 18.2 Å². The normalized spacial score (nSPS) is 12.0. The molecule has 23 heavy (non-hydrogen) atoms. The molecule has 0 bridgehead atoms. The Labute approximate surface area is 135 Å². The number of nitrogens with zero attached hydrogens (tertiary/aromatic N) is 1. The van der Waals surface area contributed by atoms with Crippen LogP contribution >= 0.6 is 0 Å². The molecule has 0 aliphatic heterocycles. The lowest BCUT2D eigenvalue weighted by atomic mass is 10.2. The summed E-state index contributed by atoms with van der Waals surface area (Å²) in [5.41, 5.74) is 0.581. The van der Waals surface area contributed by atoms with Crippen LogP contribution in [0, 0.1) is 5.82 Å². The Bertz CT molecular complexity index is 617. The Kier molecular flexibility index (Phi) is 6.11. The first-order chi connectivity index (χ1) is 11.1. The number of likely N-dealkylation sites (N-methyl/N-ethyl adjacent to an activating group) is 1. The van der Waals surface area contributed by atoms with Crippen LogP contribution in [0.15, 0.2) is 54.6 Å². The third-order valence-corrected chi connectivity index (χ3v) is 3.61. The zero-order valence-corrected chi connectivity index (χ0v) is 13.3. The van der Waals surface area contributed by atoms with Gasteiger partial charge >= 0.3 is 0 Å². The second-order valence-electron chi connectivity index (χ2n) is 5.31. The number of carbonyl (C=O) groups excluding carboxylic acids is 1. The highest BCUT2D eigenvalue weighted by Gasteiger charge is 2.18. The molecule has 1 amide bonds. The topological polar surface area (TPSA) is 41.6 Å². The van der Waals surface area contributed by atoms with Gasteiger partial charge in [0.25, 0.3) is 0 Å².